The lowest BCUT2D eigenvalue weighted by Crippen LogP contribution is -2.09. The lowest BCUT2D eigenvalue weighted by atomic mass is 10.1. The Labute approximate surface area is 164 Å². The van der Waals surface area contributed by atoms with E-state index in [1.807, 2.05) is 36.4 Å². The highest BCUT2D eigenvalue weighted by molar-refractivity contribution is 5.85. The van der Waals surface area contributed by atoms with Gasteiger partial charge in [0.25, 0.3) is 0 Å². The first-order chi connectivity index (χ1) is 13.8. The topological polar surface area (TPSA) is 81.7 Å². The number of nitrogen functional groups attached to an aromatic ring is 1. The number of nitrogens with two attached hydrogens (primary N) is 1. The summed E-state index contributed by atoms with van der Waals surface area (Å²) in [5.41, 5.74) is 9.94. The van der Waals surface area contributed by atoms with Gasteiger partial charge in [0.2, 0.25) is 5.95 Å². The van der Waals surface area contributed by atoms with Crippen LogP contribution in [0, 0.1) is 0 Å². The molecule has 4 rings (SSSR count). The largest absolute Gasteiger partial charge is 0.382 e. The molecule has 0 atom stereocenters. The second kappa shape index (κ2) is 8.08. The molecular formula is C22H24N6. The molecule has 2 heterocycles. The van der Waals surface area contributed by atoms with Gasteiger partial charge in [-0.15, -0.1) is 0 Å². The van der Waals surface area contributed by atoms with Crippen LogP contribution < -0.4 is 11.1 Å². The van der Waals surface area contributed by atoms with E-state index in [1.165, 1.54) is 5.56 Å². The molecule has 28 heavy (non-hydrogen) atoms. The van der Waals surface area contributed by atoms with Crippen molar-refractivity contribution in [2.45, 2.75) is 26.2 Å². The molecule has 0 amide bonds. The van der Waals surface area contributed by atoms with E-state index in [0.29, 0.717) is 17.3 Å². The summed E-state index contributed by atoms with van der Waals surface area (Å²) in [5.74, 6) is 1.86. The van der Waals surface area contributed by atoms with Crippen molar-refractivity contribution in [3.05, 3.63) is 72.1 Å². The third-order valence-electron chi connectivity index (χ3n) is 4.70. The van der Waals surface area contributed by atoms with Crippen molar-refractivity contribution in [1.29, 1.82) is 0 Å². The Morgan fingerprint density at radius 2 is 1.64 bits per heavy atom. The van der Waals surface area contributed by atoms with Crippen LogP contribution in [0.4, 0.5) is 11.8 Å². The number of fused-ring (bicyclic) bond motifs is 1. The second-order valence-electron chi connectivity index (χ2n) is 6.67. The molecule has 6 heteroatoms. The van der Waals surface area contributed by atoms with Gasteiger partial charge in [0.1, 0.15) is 5.82 Å². The van der Waals surface area contributed by atoms with Gasteiger partial charge in [-0.1, -0.05) is 55.5 Å². The fourth-order valence-corrected chi connectivity index (χ4v) is 3.33. The maximum atomic E-state index is 6.20. The first kappa shape index (κ1) is 18.0. The lowest BCUT2D eigenvalue weighted by Gasteiger charge is -2.09. The van der Waals surface area contributed by atoms with Gasteiger partial charge in [-0.2, -0.15) is 9.97 Å². The van der Waals surface area contributed by atoms with Crippen molar-refractivity contribution in [1.82, 2.24) is 19.5 Å². The zero-order valence-corrected chi connectivity index (χ0v) is 16.0. The molecule has 0 saturated carbocycles. The zero-order chi connectivity index (χ0) is 19.3. The molecule has 0 radical (unpaired) electrons. The van der Waals surface area contributed by atoms with Gasteiger partial charge in [-0.3, -0.25) is 4.57 Å². The number of hydrogen-bond donors (Lipinski definition) is 2. The molecule has 2 aromatic carbocycles. The van der Waals surface area contributed by atoms with Gasteiger partial charge in [-0.25, -0.2) is 4.98 Å². The predicted octanol–water partition coefficient (Wildman–Crippen LogP) is 4.00. The van der Waals surface area contributed by atoms with Crippen molar-refractivity contribution in [3.63, 3.8) is 0 Å². The van der Waals surface area contributed by atoms with E-state index in [0.717, 1.165) is 43.0 Å². The average molecular weight is 372 g/mol. The summed E-state index contributed by atoms with van der Waals surface area (Å²) in [6, 6.07) is 20.6. The maximum absolute atomic E-state index is 6.20. The molecule has 0 aliphatic carbocycles. The molecule has 0 unspecified atom stereocenters. The number of imidazole rings is 1. The molecule has 2 aromatic heterocycles. The van der Waals surface area contributed by atoms with E-state index in [1.54, 1.807) is 0 Å². The minimum absolute atomic E-state index is 0.403. The van der Waals surface area contributed by atoms with Gasteiger partial charge in [-0.05, 0) is 30.5 Å². The standard InChI is InChI=1S/C22H24N6/c1-2-18-25-19-20(23)26-22(24-15-9-12-16-10-5-3-6-11-16)27-21(19)28(18)17-13-7-4-8-14-17/h3-8,10-11,13-14H,2,9,12,15H2,1H3,(H3,23,24,26,27). The first-order valence-corrected chi connectivity index (χ1v) is 9.64. The molecule has 0 saturated heterocycles. The van der Waals surface area contributed by atoms with Crippen molar-refractivity contribution in [2.75, 3.05) is 17.6 Å². The normalized spacial score (nSPS) is 11.0. The molecule has 0 fully saturated rings. The Bertz CT molecular complexity index is 1060. The molecule has 0 aliphatic heterocycles. The van der Waals surface area contributed by atoms with Gasteiger partial charge < -0.3 is 11.1 Å². The van der Waals surface area contributed by atoms with Crippen LogP contribution >= 0.6 is 0 Å². The summed E-state index contributed by atoms with van der Waals surface area (Å²) in [4.78, 5) is 13.8. The number of benzene rings is 2. The first-order valence-electron chi connectivity index (χ1n) is 9.64. The summed E-state index contributed by atoms with van der Waals surface area (Å²) in [7, 11) is 0. The Morgan fingerprint density at radius 3 is 2.36 bits per heavy atom. The maximum Gasteiger partial charge on any atom is 0.226 e. The highest BCUT2D eigenvalue weighted by Gasteiger charge is 2.16. The molecule has 6 nitrogen and oxygen atoms in total. The van der Waals surface area contributed by atoms with E-state index in [9.17, 15) is 0 Å². The van der Waals surface area contributed by atoms with Crippen LogP contribution in [0.15, 0.2) is 60.7 Å². The van der Waals surface area contributed by atoms with Gasteiger partial charge in [0.05, 0.1) is 0 Å². The van der Waals surface area contributed by atoms with Gasteiger partial charge >= 0.3 is 0 Å². The monoisotopic (exact) mass is 372 g/mol. The highest BCUT2D eigenvalue weighted by Crippen LogP contribution is 2.24. The van der Waals surface area contributed by atoms with Crippen LogP contribution in [-0.2, 0) is 12.8 Å². The third-order valence-corrected chi connectivity index (χ3v) is 4.70. The number of nitrogens with zero attached hydrogens (tertiary/aromatic N) is 4. The minimum atomic E-state index is 0.403. The number of nitrogens with one attached hydrogen (secondary N) is 1. The average Bonchev–Trinajstić information content (AvgIpc) is 3.12. The molecule has 3 N–H and O–H groups in total. The van der Waals surface area contributed by atoms with E-state index in [-0.39, 0.29) is 0 Å². The Kier molecular flexibility index (Phi) is 5.19. The Hall–Kier alpha value is -3.41. The summed E-state index contributed by atoms with van der Waals surface area (Å²) in [5, 5.41) is 3.31. The number of aromatic nitrogens is 4. The molecule has 0 bridgehead atoms. The number of anilines is 2. The number of rotatable bonds is 7. The number of para-hydroxylation sites is 1. The van der Waals surface area contributed by atoms with Crippen molar-refractivity contribution < 1.29 is 0 Å². The summed E-state index contributed by atoms with van der Waals surface area (Å²) in [6.45, 7) is 2.85. The summed E-state index contributed by atoms with van der Waals surface area (Å²) in [6.07, 6.45) is 2.78. The van der Waals surface area contributed by atoms with E-state index in [4.69, 9.17) is 10.7 Å². The third kappa shape index (κ3) is 3.67. The van der Waals surface area contributed by atoms with E-state index >= 15 is 0 Å². The van der Waals surface area contributed by atoms with Crippen LogP contribution in [0.1, 0.15) is 24.7 Å². The minimum Gasteiger partial charge on any atom is -0.382 e. The number of hydrogen-bond acceptors (Lipinski definition) is 5. The molecule has 4 aromatic rings. The van der Waals surface area contributed by atoms with Crippen LogP contribution in [-0.4, -0.2) is 26.1 Å². The Balaban J connectivity index is 1.58. The molecule has 0 spiro atoms. The van der Waals surface area contributed by atoms with Crippen LogP contribution in [0.2, 0.25) is 0 Å². The van der Waals surface area contributed by atoms with E-state index in [2.05, 4.69) is 51.0 Å². The van der Waals surface area contributed by atoms with Crippen LogP contribution in [0.25, 0.3) is 16.9 Å². The SMILES string of the molecule is CCc1nc2c(N)nc(NCCCc3ccccc3)nc2n1-c1ccccc1. The summed E-state index contributed by atoms with van der Waals surface area (Å²) >= 11 is 0. The van der Waals surface area contributed by atoms with Crippen LogP contribution in [0.3, 0.4) is 0 Å². The molecule has 142 valence electrons. The molecular weight excluding hydrogens is 348 g/mol. The van der Waals surface area contributed by atoms with E-state index < -0.39 is 0 Å². The van der Waals surface area contributed by atoms with Gasteiger partial charge in [0, 0.05) is 18.7 Å². The lowest BCUT2D eigenvalue weighted by molar-refractivity contribution is 0.853. The fraction of sp³-hybridized carbons (Fsp3) is 0.227. The second-order valence-corrected chi connectivity index (χ2v) is 6.67. The smallest absolute Gasteiger partial charge is 0.226 e. The summed E-state index contributed by atoms with van der Waals surface area (Å²) < 4.78 is 2.06. The number of aryl methyl sites for hydroxylation is 2. The van der Waals surface area contributed by atoms with Gasteiger partial charge in [0.15, 0.2) is 17.0 Å². The molecule has 0 aliphatic rings. The van der Waals surface area contributed by atoms with Crippen molar-refractivity contribution >= 4 is 22.9 Å². The fourth-order valence-electron chi connectivity index (χ4n) is 3.33. The quantitative estimate of drug-likeness (QED) is 0.479. The Morgan fingerprint density at radius 1 is 0.929 bits per heavy atom. The predicted molar refractivity (Wildman–Crippen MR) is 114 cm³/mol. The van der Waals surface area contributed by atoms with Crippen LogP contribution in [0.5, 0.6) is 0 Å². The highest BCUT2D eigenvalue weighted by atomic mass is 15.2. The van der Waals surface area contributed by atoms with Crippen molar-refractivity contribution in [2.24, 2.45) is 0 Å². The van der Waals surface area contributed by atoms with Crippen molar-refractivity contribution in [3.8, 4) is 5.69 Å². The zero-order valence-electron chi connectivity index (χ0n) is 16.0.